The van der Waals surface area contributed by atoms with Crippen molar-refractivity contribution in [2.24, 2.45) is 0 Å². The Kier molecular flexibility index (Phi) is 4.99. The largest absolute Gasteiger partial charge is 0.396 e. The van der Waals surface area contributed by atoms with E-state index < -0.39 is 0 Å². The lowest BCUT2D eigenvalue weighted by Gasteiger charge is -2.25. The molecule has 0 aliphatic heterocycles. The first kappa shape index (κ1) is 13.6. The third-order valence-electron chi connectivity index (χ3n) is 3.20. The molecule has 0 aliphatic rings. The average molecular weight is 255 g/mol. The zero-order valence-electron chi connectivity index (χ0n) is 11.4. The lowest BCUT2D eigenvalue weighted by atomic mass is 10.1. The minimum absolute atomic E-state index is 0.233. The van der Waals surface area contributed by atoms with Crippen molar-refractivity contribution in [1.82, 2.24) is 0 Å². The Hall–Kier alpha value is -1.80. The van der Waals surface area contributed by atoms with Crippen LogP contribution in [0.1, 0.15) is 17.5 Å². The zero-order chi connectivity index (χ0) is 13.5. The van der Waals surface area contributed by atoms with Crippen LogP contribution in [0.2, 0.25) is 0 Å². The maximum atomic E-state index is 9.05. The maximum Gasteiger partial charge on any atom is 0.0447 e. The Morgan fingerprint density at radius 3 is 2.26 bits per heavy atom. The van der Waals surface area contributed by atoms with Crippen molar-refractivity contribution in [3.63, 3.8) is 0 Å². The highest BCUT2D eigenvalue weighted by Crippen LogP contribution is 2.18. The number of anilines is 1. The summed E-state index contributed by atoms with van der Waals surface area (Å²) in [4.78, 5) is 2.31. The summed E-state index contributed by atoms with van der Waals surface area (Å²) in [6.07, 6.45) is 0.792. The molecule has 2 heteroatoms. The second-order valence-electron chi connectivity index (χ2n) is 4.82. The van der Waals surface area contributed by atoms with Crippen LogP contribution in [-0.2, 0) is 6.54 Å². The highest BCUT2D eigenvalue weighted by Gasteiger charge is 2.06. The summed E-state index contributed by atoms with van der Waals surface area (Å²) >= 11 is 0. The Morgan fingerprint density at radius 1 is 0.947 bits per heavy atom. The molecule has 19 heavy (non-hydrogen) atoms. The molecule has 0 atom stereocenters. The van der Waals surface area contributed by atoms with Gasteiger partial charge in [0.1, 0.15) is 0 Å². The minimum atomic E-state index is 0.233. The predicted molar refractivity (Wildman–Crippen MR) is 80.4 cm³/mol. The number of hydrogen-bond donors (Lipinski definition) is 1. The van der Waals surface area contributed by atoms with Gasteiger partial charge >= 0.3 is 0 Å². The number of aliphatic hydroxyl groups is 1. The van der Waals surface area contributed by atoms with E-state index in [1.807, 2.05) is 6.07 Å². The first-order chi connectivity index (χ1) is 9.29. The van der Waals surface area contributed by atoms with Crippen LogP contribution >= 0.6 is 0 Å². The Bertz CT molecular complexity index is 478. The first-order valence-electron chi connectivity index (χ1n) is 6.76. The Balaban J connectivity index is 2.13. The van der Waals surface area contributed by atoms with Crippen molar-refractivity contribution in [2.75, 3.05) is 18.1 Å². The molecular weight excluding hydrogens is 234 g/mol. The SMILES string of the molecule is Cc1ccc(N(CCCO)Cc2ccccc2)cc1. The summed E-state index contributed by atoms with van der Waals surface area (Å²) in [5.74, 6) is 0. The van der Waals surface area contributed by atoms with Crippen LogP contribution < -0.4 is 4.90 Å². The summed E-state index contributed by atoms with van der Waals surface area (Å²) < 4.78 is 0. The quantitative estimate of drug-likeness (QED) is 0.855. The van der Waals surface area contributed by atoms with Crippen LogP contribution in [0, 0.1) is 6.92 Å². The number of aliphatic hydroxyl groups excluding tert-OH is 1. The van der Waals surface area contributed by atoms with Crippen LogP contribution in [0.4, 0.5) is 5.69 Å². The summed E-state index contributed by atoms with van der Waals surface area (Å²) in [5.41, 5.74) is 3.77. The smallest absolute Gasteiger partial charge is 0.0447 e. The van der Waals surface area contributed by atoms with Gasteiger partial charge in [-0.15, -0.1) is 0 Å². The monoisotopic (exact) mass is 255 g/mol. The Morgan fingerprint density at radius 2 is 1.63 bits per heavy atom. The molecule has 0 fully saturated rings. The van der Waals surface area contributed by atoms with Crippen molar-refractivity contribution >= 4 is 5.69 Å². The lowest BCUT2D eigenvalue weighted by molar-refractivity contribution is 0.289. The van der Waals surface area contributed by atoms with E-state index >= 15 is 0 Å². The van der Waals surface area contributed by atoms with Crippen LogP contribution in [0.3, 0.4) is 0 Å². The van der Waals surface area contributed by atoms with Gasteiger partial charge in [0, 0.05) is 25.4 Å². The number of hydrogen-bond acceptors (Lipinski definition) is 2. The van der Waals surface area contributed by atoms with E-state index in [4.69, 9.17) is 5.11 Å². The van der Waals surface area contributed by atoms with E-state index in [2.05, 4.69) is 60.4 Å². The molecule has 2 aromatic rings. The average Bonchev–Trinajstić information content (AvgIpc) is 2.45. The lowest BCUT2D eigenvalue weighted by Crippen LogP contribution is -2.24. The van der Waals surface area contributed by atoms with Crippen LogP contribution in [0.15, 0.2) is 54.6 Å². The summed E-state index contributed by atoms with van der Waals surface area (Å²) in [7, 11) is 0. The fourth-order valence-electron chi connectivity index (χ4n) is 2.12. The number of benzene rings is 2. The molecule has 0 aromatic heterocycles. The van der Waals surface area contributed by atoms with E-state index in [-0.39, 0.29) is 6.61 Å². The van der Waals surface area contributed by atoms with Crippen LogP contribution in [0.25, 0.3) is 0 Å². The second-order valence-corrected chi connectivity index (χ2v) is 4.82. The summed E-state index contributed by atoms with van der Waals surface area (Å²) in [5, 5.41) is 9.05. The highest BCUT2D eigenvalue weighted by atomic mass is 16.3. The number of rotatable bonds is 6. The van der Waals surface area contributed by atoms with E-state index in [1.54, 1.807) is 0 Å². The van der Waals surface area contributed by atoms with Crippen LogP contribution in [-0.4, -0.2) is 18.3 Å². The van der Waals surface area contributed by atoms with Gasteiger partial charge in [0.25, 0.3) is 0 Å². The fourth-order valence-corrected chi connectivity index (χ4v) is 2.12. The van der Waals surface area contributed by atoms with Gasteiger partial charge in [-0.2, -0.15) is 0 Å². The second kappa shape index (κ2) is 6.95. The molecule has 0 radical (unpaired) electrons. The first-order valence-corrected chi connectivity index (χ1v) is 6.76. The van der Waals surface area contributed by atoms with Crippen molar-refractivity contribution in [3.8, 4) is 0 Å². The highest BCUT2D eigenvalue weighted by molar-refractivity contribution is 5.48. The van der Waals surface area contributed by atoms with Crippen molar-refractivity contribution in [3.05, 3.63) is 65.7 Å². The molecule has 0 spiro atoms. The normalized spacial score (nSPS) is 10.4. The molecule has 2 nitrogen and oxygen atoms in total. The minimum Gasteiger partial charge on any atom is -0.396 e. The maximum absolute atomic E-state index is 9.05. The fraction of sp³-hybridized carbons (Fsp3) is 0.294. The van der Waals surface area contributed by atoms with E-state index in [1.165, 1.54) is 16.8 Å². The van der Waals surface area contributed by atoms with Gasteiger partial charge in [-0.3, -0.25) is 0 Å². The summed E-state index contributed by atoms with van der Waals surface area (Å²) in [6, 6.07) is 19.0. The van der Waals surface area contributed by atoms with Gasteiger partial charge in [-0.25, -0.2) is 0 Å². The molecular formula is C17H21NO. The predicted octanol–water partition coefficient (Wildman–Crippen LogP) is 3.38. The third-order valence-corrected chi connectivity index (χ3v) is 3.20. The standard InChI is InChI=1S/C17H21NO/c1-15-8-10-17(11-9-15)18(12-5-13-19)14-16-6-3-2-4-7-16/h2-4,6-11,19H,5,12-14H2,1H3. The van der Waals surface area contributed by atoms with Gasteiger partial charge < -0.3 is 10.0 Å². The molecule has 0 heterocycles. The molecule has 0 bridgehead atoms. The molecule has 100 valence electrons. The molecule has 0 saturated heterocycles. The summed E-state index contributed by atoms with van der Waals surface area (Å²) in [6.45, 7) is 4.08. The van der Waals surface area contributed by atoms with E-state index in [0.717, 1.165) is 19.5 Å². The molecule has 2 aromatic carbocycles. The van der Waals surface area contributed by atoms with Crippen molar-refractivity contribution in [1.29, 1.82) is 0 Å². The topological polar surface area (TPSA) is 23.5 Å². The number of aryl methyl sites for hydroxylation is 1. The van der Waals surface area contributed by atoms with Crippen molar-refractivity contribution in [2.45, 2.75) is 19.9 Å². The van der Waals surface area contributed by atoms with E-state index in [0.29, 0.717) is 0 Å². The molecule has 0 amide bonds. The molecule has 0 unspecified atom stereocenters. The van der Waals surface area contributed by atoms with Gasteiger partial charge in [0.2, 0.25) is 0 Å². The zero-order valence-corrected chi connectivity index (χ0v) is 11.4. The van der Waals surface area contributed by atoms with Gasteiger partial charge in [0.15, 0.2) is 0 Å². The van der Waals surface area contributed by atoms with Gasteiger partial charge in [0.05, 0.1) is 0 Å². The van der Waals surface area contributed by atoms with Gasteiger partial charge in [-0.1, -0.05) is 48.0 Å². The molecule has 2 rings (SSSR count). The van der Waals surface area contributed by atoms with Crippen LogP contribution in [0.5, 0.6) is 0 Å². The van der Waals surface area contributed by atoms with E-state index in [9.17, 15) is 0 Å². The molecule has 1 N–H and O–H groups in total. The third kappa shape index (κ3) is 4.11. The van der Waals surface area contributed by atoms with Gasteiger partial charge in [-0.05, 0) is 31.0 Å². The Labute approximate surface area is 115 Å². The van der Waals surface area contributed by atoms with Crippen molar-refractivity contribution < 1.29 is 5.11 Å². The molecule has 0 saturated carbocycles. The number of nitrogens with zero attached hydrogens (tertiary/aromatic N) is 1. The molecule has 0 aliphatic carbocycles.